The summed E-state index contributed by atoms with van der Waals surface area (Å²) in [5.74, 6) is 1.56. The molecule has 0 aliphatic heterocycles. The van der Waals surface area contributed by atoms with Crippen molar-refractivity contribution < 1.29 is 19.1 Å². The number of hydrogen-bond acceptors (Lipinski definition) is 4. The largest absolute Gasteiger partial charge is 0.464 e. The summed E-state index contributed by atoms with van der Waals surface area (Å²) in [5, 5.41) is 12.3. The first-order valence-corrected chi connectivity index (χ1v) is 38.9. The van der Waals surface area contributed by atoms with Crippen LogP contribution in [0.4, 0.5) is 0 Å². The molecule has 7 aromatic carbocycles. The smallest absolute Gasteiger partial charge is 0.159 e. The van der Waals surface area contributed by atoms with Crippen LogP contribution in [0.2, 0.25) is 10.0 Å². The minimum atomic E-state index is -0.665. The quantitative estimate of drug-likeness (QED) is 0.0979. The minimum Gasteiger partial charge on any atom is -0.464 e. The zero-order chi connectivity index (χ0) is 78.0. The Labute approximate surface area is 622 Å². The Balaban J connectivity index is -0.000000248. The number of carbonyl (C=O) groups excluding carboxylic acids is 2. The molecule has 0 spiro atoms. The lowest BCUT2D eigenvalue weighted by molar-refractivity contribution is 0.0531. The number of furan rings is 1. The Bertz CT molecular complexity index is 2880. The second kappa shape index (κ2) is 61.8. The second-order valence-corrected chi connectivity index (χ2v) is 25.4. The standard InChI is InChI=1S/C14H18O2.C12H14O.3C11H16.C10H12Cl2.C10H14O.7C2H6/c1-5-9(2)12-6-13(10(3)15)8-14(7-12)11(4)16;1-3-9(2)11-5-4-10-6-7-13-12(10)8-11;3*1-4-11(2,3)10-8-6-5-7-9-10;1-3-7(2)8-4-5-9(11)10(12)6-8;1-3-10(2,11)9-7-5-4-6-8-9;7*1-2/h6-9H,5H2,1-4H3;4-9H,3H2,1-2H3;3*5-9H,4H2,1-3H3;4-7H,3H2,1-2H3;4-8,11H,3H2,1-2H3;7*1-2H3. The van der Waals surface area contributed by atoms with Gasteiger partial charge in [0, 0.05) is 16.5 Å². The van der Waals surface area contributed by atoms with Crippen molar-refractivity contribution >= 4 is 45.7 Å². The predicted molar refractivity (Wildman–Crippen MR) is 450 cm³/mol. The number of hydrogen-bond donors (Lipinski definition) is 1. The van der Waals surface area contributed by atoms with Gasteiger partial charge >= 0.3 is 0 Å². The van der Waals surface area contributed by atoms with Crippen molar-refractivity contribution in [2.75, 3.05) is 0 Å². The number of halogens is 2. The molecule has 4 nitrogen and oxygen atoms in total. The SMILES string of the molecule is CC.CC.CC.CC.CC.CC.CC.CCC(C)(C)c1ccccc1.CCC(C)(C)c1ccccc1.CCC(C)(C)c1ccccc1.CCC(C)(O)c1ccccc1.CCC(C)c1cc(C(C)=O)cc(C(C)=O)c1.CCC(C)c1ccc(Cl)c(Cl)c1.CCC(C)c1ccc2ccoc2c1. The van der Waals surface area contributed by atoms with Gasteiger partial charge in [-0.1, -0.05) is 370 Å². The number of ketones is 2. The molecule has 0 radical (unpaired) electrons. The lowest BCUT2D eigenvalue weighted by Gasteiger charge is -2.22. The zero-order valence-electron chi connectivity index (χ0n) is 69.5. The summed E-state index contributed by atoms with van der Waals surface area (Å²) in [5.41, 5.74) is 11.6. The van der Waals surface area contributed by atoms with Gasteiger partial charge in [0.15, 0.2) is 11.6 Å². The van der Waals surface area contributed by atoms with E-state index < -0.39 is 5.60 Å². The van der Waals surface area contributed by atoms with Gasteiger partial charge in [0.05, 0.1) is 21.9 Å². The van der Waals surface area contributed by atoms with E-state index in [1.165, 1.54) is 72.7 Å². The van der Waals surface area contributed by atoms with Crippen LogP contribution in [0.25, 0.3) is 11.0 Å². The van der Waals surface area contributed by atoms with Crippen molar-refractivity contribution in [2.24, 2.45) is 0 Å². The van der Waals surface area contributed by atoms with Crippen molar-refractivity contribution in [1.82, 2.24) is 0 Å². The average molecular weight is 1400 g/mol. The Morgan fingerprint density at radius 1 is 0.364 bits per heavy atom. The van der Waals surface area contributed by atoms with Gasteiger partial charge in [0.1, 0.15) is 5.58 Å². The van der Waals surface area contributed by atoms with Crippen molar-refractivity contribution in [3.63, 3.8) is 0 Å². The summed E-state index contributed by atoms with van der Waals surface area (Å²) in [7, 11) is 0. The van der Waals surface area contributed by atoms with E-state index in [2.05, 4.69) is 213 Å². The maximum Gasteiger partial charge on any atom is 0.159 e. The Morgan fingerprint density at radius 3 is 0.939 bits per heavy atom. The van der Waals surface area contributed by atoms with Gasteiger partial charge < -0.3 is 9.52 Å². The number of aliphatic hydroxyl groups is 1. The number of benzene rings is 7. The van der Waals surface area contributed by atoms with Gasteiger partial charge in [-0.15, -0.1) is 0 Å². The number of carbonyl (C=O) groups is 2. The molecule has 0 amide bonds. The molecule has 4 unspecified atom stereocenters. The minimum absolute atomic E-state index is 0.00709. The molecule has 4 atom stereocenters. The summed E-state index contributed by atoms with van der Waals surface area (Å²) in [6.45, 7) is 68.2. The fourth-order valence-electron chi connectivity index (χ4n) is 8.43. The Morgan fingerprint density at radius 2 is 0.657 bits per heavy atom. The van der Waals surface area contributed by atoms with Crippen LogP contribution in [-0.2, 0) is 21.8 Å². The number of rotatable bonds is 16. The molecule has 558 valence electrons. The fourth-order valence-corrected chi connectivity index (χ4v) is 8.73. The maximum absolute atomic E-state index is 11.4. The van der Waals surface area contributed by atoms with Gasteiger partial charge in [-0.05, 0) is 181 Å². The van der Waals surface area contributed by atoms with Gasteiger partial charge in [-0.2, -0.15) is 0 Å². The van der Waals surface area contributed by atoms with Crippen LogP contribution in [0.3, 0.4) is 0 Å². The van der Waals surface area contributed by atoms with Crippen molar-refractivity contribution in [3.8, 4) is 0 Å². The molecule has 0 saturated carbocycles. The number of Topliss-reactive ketones (excluding diaryl/α,β-unsaturated/α-hetero) is 2. The van der Waals surface area contributed by atoms with Crippen LogP contribution in [-0.4, -0.2) is 16.7 Å². The molecule has 0 aliphatic rings. The third kappa shape index (κ3) is 42.7. The molecule has 8 aromatic rings. The molecular weight excluding hydrogens is 1250 g/mol. The van der Waals surface area contributed by atoms with Crippen molar-refractivity contribution in [2.45, 2.75) is 313 Å². The normalized spacial score (nSPS) is 11.4. The van der Waals surface area contributed by atoms with E-state index in [4.69, 9.17) is 27.6 Å². The van der Waals surface area contributed by atoms with E-state index >= 15 is 0 Å². The topological polar surface area (TPSA) is 67.5 Å². The molecule has 99 heavy (non-hydrogen) atoms. The molecule has 1 aromatic heterocycles. The monoisotopic (exact) mass is 1400 g/mol. The van der Waals surface area contributed by atoms with Gasteiger partial charge in [-0.25, -0.2) is 0 Å². The van der Waals surface area contributed by atoms with Crippen LogP contribution in [0.15, 0.2) is 193 Å². The number of fused-ring (bicyclic) bond motifs is 1. The van der Waals surface area contributed by atoms with E-state index in [-0.39, 0.29) is 11.6 Å². The molecular formula is C93H148Cl2O4. The molecule has 8 rings (SSSR count). The first-order valence-electron chi connectivity index (χ1n) is 38.1. The summed E-state index contributed by atoms with van der Waals surface area (Å²) in [6.07, 6.45) is 9.36. The lowest BCUT2D eigenvalue weighted by Crippen LogP contribution is -2.19. The highest BCUT2D eigenvalue weighted by Crippen LogP contribution is 2.31. The van der Waals surface area contributed by atoms with E-state index in [0.29, 0.717) is 55.2 Å². The highest BCUT2D eigenvalue weighted by atomic mass is 35.5. The van der Waals surface area contributed by atoms with E-state index in [0.717, 1.165) is 36.0 Å². The summed E-state index contributed by atoms with van der Waals surface area (Å²) < 4.78 is 5.35. The third-order valence-electron chi connectivity index (χ3n) is 17.1. The third-order valence-corrected chi connectivity index (χ3v) is 17.9. The maximum atomic E-state index is 11.4. The average Bonchev–Trinajstić information content (AvgIpc) is 1.84. The first-order chi connectivity index (χ1) is 47.1. The Hall–Kier alpha value is -6.04. The molecule has 0 fully saturated rings. The highest BCUT2D eigenvalue weighted by molar-refractivity contribution is 6.42. The van der Waals surface area contributed by atoms with Crippen LogP contribution >= 0.6 is 23.2 Å². The van der Waals surface area contributed by atoms with E-state index in [1.54, 1.807) is 12.3 Å². The Kier molecular flexibility index (Phi) is 64.9. The summed E-state index contributed by atoms with van der Waals surface area (Å²) >= 11 is 11.7. The van der Waals surface area contributed by atoms with Crippen LogP contribution < -0.4 is 0 Å². The molecule has 1 N–H and O–H groups in total. The first kappa shape index (κ1) is 104. The van der Waals surface area contributed by atoms with Gasteiger partial charge in [0.2, 0.25) is 0 Å². The zero-order valence-corrected chi connectivity index (χ0v) is 71.0. The molecule has 1 heterocycles. The van der Waals surface area contributed by atoms with Crippen molar-refractivity contribution in [3.05, 3.63) is 248 Å². The summed E-state index contributed by atoms with van der Waals surface area (Å²) in [4.78, 5) is 22.7. The molecule has 6 heteroatoms. The molecule has 0 saturated heterocycles. The lowest BCUT2D eigenvalue weighted by atomic mass is 9.82. The second-order valence-electron chi connectivity index (χ2n) is 24.6. The summed E-state index contributed by atoms with van der Waals surface area (Å²) in [6, 6.07) is 61.5. The highest BCUT2D eigenvalue weighted by Gasteiger charge is 2.20. The fraction of sp³-hybridized carbons (Fsp3) is 0.505. The van der Waals surface area contributed by atoms with Crippen molar-refractivity contribution in [1.29, 1.82) is 0 Å². The van der Waals surface area contributed by atoms with Crippen LogP contribution in [0.5, 0.6) is 0 Å². The van der Waals surface area contributed by atoms with E-state index in [9.17, 15) is 14.7 Å². The van der Waals surface area contributed by atoms with E-state index in [1.807, 2.05) is 178 Å². The molecule has 0 bridgehead atoms. The van der Waals surface area contributed by atoms with Crippen LogP contribution in [0, 0.1) is 0 Å². The predicted octanol–water partition coefficient (Wildman–Crippen LogP) is 31.7. The van der Waals surface area contributed by atoms with Gasteiger partial charge in [-0.3, -0.25) is 9.59 Å². The van der Waals surface area contributed by atoms with Gasteiger partial charge in [0.25, 0.3) is 0 Å². The molecule has 0 aliphatic carbocycles. The van der Waals surface area contributed by atoms with Crippen LogP contribution in [0.1, 0.15) is 351 Å².